The van der Waals surface area contributed by atoms with Crippen LogP contribution in [0.3, 0.4) is 0 Å². The van der Waals surface area contributed by atoms with E-state index in [2.05, 4.69) is 6.92 Å². The third-order valence-corrected chi connectivity index (χ3v) is 3.20. The van der Waals surface area contributed by atoms with Gasteiger partial charge in [-0.25, -0.2) is 0 Å². The largest absolute Gasteiger partial charge is 0.491 e. The average molecular weight is 220 g/mol. The molecule has 0 bridgehead atoms. The molecule has 16 heavy (non-hydrogen) atoms. The Labute approximate surface area is 97.6 Å². The molecular formula is C14H20O2. The predicted molar refractivity (Wildman–Crippen MR) is 64.8 cm³/mol. The number of rotatable bonds is 6. The zero-order chi connectivity index (χ0) is 11.3. The zero-order valence-electron chi connectivity index (χ0n) is 9.95. The molecule has 1 saturated heterocycles. The number of hydrogen-bond donors (Lipinski definition) is 0. The van der Waals surface area contributed by atoms with Gasteiger partial charge in [-0.15, -0.1) is 0 Å². The van der Waals surface area contributed by atoms with Crippen LogP contribution in [0.4, 0.5) is 0 Å². The van der Waals surface area contributed by atoms with Crippen molar-refractivity contribution < 1.29 is 9.47 Å². The lowest BCUT2D eigenvalue weighted by Crippen LogP contribution is -2.48. The number of ether oxygens (including phenoxy) is 2. The summed E-state index contributed by atoms with van der Waals surface area (Å²) in [5, 5.41) is 0. The molecule has 2 heteroatoms. The first-order chi connectivity index (χ1) is 7.85. The molecule has 1 aromatic rings. The second kappa shape index (κ2) is 5.35. The van der Waals surface area contributed by atoms with E-state index >= 15 is 0 Å². The minimum Gasteiger partial charge on any atom is -0.491 e. The van der Waals surface area contributed by atoms with Crippen LogP contribution in [0.1, 0.15) is 32.6 Å². The molecule has 88 valence electrons. The highest BCUT2D eigenvalue weighted by Gasteiger charge is 2.38. The molecular weight excluding hydrogens is 200 g/mol. The van der Waals surface area contributed by atoms with Crippen molar-refractivity contribution in [1.82, 2.24) is 0 Å². The molecule has 1 aromatic carbocycles. The summed E-state index contributed by atoms with van der Waals surface area (Å²) in [5.41, 5.74) is 0.00580. The van der Waals surface area contributed by atoms with Gasteiger partial charge in [0.2, 0.25) is 0 Å². The number of unbranched alkanes of at least 4 members (excludes halogenated alkanes) is 1. The lowest BCUT2D eigenvalue weighted by Gasteiger charge is -2.41. The molecule has 1 atom stereocenters. The smallest absolute Gasteiger partial charge is 0.119 e. The van der Waals surface area contributed by atoms with E-state index in [1.54, 1.807) is 0 Å². The van der Waals surface area contributed by atoms with Crippen LogP contribution in [0.25, 0.3) is 0 Å². The van der Waals surface area contributed by atoms with Gasteiger partial charge in [0, 0.05) is 6.42 Å². The average Bonchev–Trinajstić information content (AvgIpc) is 2.29. The van der Waals surface area contributed by atoms with Gasteiger partial charge in [-0.1, -0.05) is 38.0 Å². The molecule has 0 amide bonds. The fourth-order valence-electron chi connectivity index (χ4n) is 2.00. The van der Waals surface area contributed by atoms with E-state index in [0.717, 1.165) is 25.2 Å². The maximum absolute atomic E-state index is 5.79. The van der Waals surface area contributed by atoms with Crippen molar-refractivity contribution in [3.05, 3.63) is 30.3 Å². The van der Waals surface area contributed by atoms with Gasteiger partial charge in [0.05, 0.1) is 6.61 Å². The summed E-state index contributed by atoms with van der Waals surface area (Å²) in [6, 6.07) is 9.98. The molecule has 1 unspecified atom stereocenters. The molecule has 1 heterocycles. The number of para-hydroxylation sites is 1. The van der Waals surface area contributed by atoms with Crippen LogP contribution in [-0.2, 0) is 4.74 Å². The molecule has 0 N–H and O–H groups in total. The topological polar surface area (TPSA) is 18.5 Å². The summed E-state index contributed by atoms with van der Waals surface area (Å²) >= 11 is 0. The van der Waals surface area contributed by atoms with E-state index in [0.29, 0.717) is 6.61 Å². The number of benzene rings is 1. The fraction of sp³-hybridized carbons (Fsp3) is 0.571. The van der Waals surface area contributed by atoms with Crippen LogP contribution in [0.15, 0.2) is 30.3 Å². The molecule has 2 rings (SSSR count). The standard InChI is InChI=1S/C14H20O2/c1-2-3-9-14(10-11-16-14)12-15-13-7-5-4-6-8-13/h4-8H,2-3,9-12H2,1H3. The third-order valence-electron chi connectivity index (χ3n) is 3.20. The minimum absolute atomic E-state index is 0.00580. The van der Waals surface area contributed by atoms with Crippen LogP contribution >= 0.6 is 0 Å². The van der Waals surface area contributed by atoms with E-state index in [1.807, 2.05) is 30.3 Å². The van der Waals surface area contributed by atoms with Gasteiger partial charge in [0.25, 0.3) is 0 Å². The highest BCUT2D eigenvalue weighted by molar-refractivity contribution is 5.21. The Hall–Kier alpha value is -1.02. The van der Waals surface area contributed by atoms with Crippen LogP contribution in [-0.4, -0.2) is 18.8 Å². The van der Waals surface area contributed by atoms with E-state index in [4.69, 9.17) is 9.47 Å². The molecule has 0 aliphatic carbocycles. The fourth-order valence-corrected chi connectivity index (χ4v) is 2.00. The maximum Gasteiger partial charge on any atom is 0.119 e. The van der Waals surface area contributed by atoms with Gasteiger partial charge in [-0.05, 0) is 18.6 Å². The van der Waals surface area contributed by atoms with Crippen LogP contribution < -0.4 is 4.74 Å². The number of hydrogen-bond acceptors (Lipinski definition) is 2. The normalized spacial score (nSPS) is 23.8. The first kappa shape index (κ1) is 11.5. The van der Waals surface area contributed by atoms with Gasteiger partial charge in [0.1, 0.15) is 18.0 Å². The van der Waals surface area contributed by atoms with E-state index < -0.39 is 0 Å². The van der Waals surface area contributed by atoms with Crippen molar-refractivity contribution in [1.29, 1.82) is 0 Å². The molecule has 1 aliphatic rings. The lowest BCUT2D eigenvalue weighted by atomic mass is 9.90. The minimum atomic E-state index is 0.00580. The van der Waals surface area contributed by atoms with E-state index in [9.17, 15) is 0 Å². The summed E-state index contributed by atoms with van der Waals surface area (Å²) in [6.45, 7) is 3.79. The van der Waals surface area contributed by atoms with Gasteiger partial charge in [-0.3, -0.25) is 0 Å². The van der Waals surface area contributed by atoms with Crippen LogP contribution in [0.5, 0.6) is 5.75 Å². The molecule has 2 nitrogen and oxygen atoms in total. The summed E-state index contributed by atoms with van der Waals surface area (Å²) in [4.78, 5) is 0. The molecule has 0 spiro atoms. The summed E-state index contributed by atoms with van der Waals surface area (Å²) in [5.74, 6) is 0.939. The van der Waals surface area contributed by atoms with Crippen molar-refractivity contribution in [3.63, 3.8) is 0 Å². The first-order valence-corrected chi connectivity index (χ1v) is 6.16. The highest BCUT2D eigenvalue weighted by Crippen LogP contribution is 2.32. The third kappa shape index (κ3) is 2.76. The predicted octanol–water partition coefficient (Wildman–Crippen LogP) is 3.41. The molecule has 1 aliphatic heterocycles. The zero-order valence-corrected chi connectivity index (χ0v) is 9.95. The van der Waals surface area contributed by atoms with Gasteiger partial charge >= 0.3 is 0 Å². The summed E-state index contributed by atoms with van der Waals surface area (Å²) in [7, 11) is 0. The Bertz CT molecular complexity index is 304. The van der Waals surface area contributed by atoms with Crippen molar-refractivity contribution >= 4 is 0 Å². The van der Waals surface area contributed by atoms with Crippen molar-refractivity contribution in [2.45, 2.75) is 38.2 Å². The van der Waals surface area contributed by atoms with Crippen molar-refractivity contribution in [2.24, 2.45) is 0 Å². The Balaban J connectivity index is 1.83. The Morgan fingerprint density at radius 2 is 2.06 bits per heavy atom. The van der Waals surface area contributed by atoms with Crippen molar-refractivity contribution in [3.8, 4) is 5.75 Å². The second-order valence-corrected chi connectivity index (χ2v) is 4.49. The molecule has 1 fully saturated rings. The van der Waals surface area contributed by atoms with Crippen molar-refractivity contribution in [2.75, 3.05) is 13.2 Å². The molecule has 0 saturated carbocycles. The Morgan fingerprint density at radius 3 is 2.62 bits per heavy atom. The summed E-state index contributed by atoms with van der Waals surface area (Å²) < 4.78 is 11.5. The lowest BCUT2D eigenvalue weighted by molar-refractivity contribution is -0.170. The van der Waals surface area contributed by atoms with Gasteiger partial charge in [0.15, 0.2) is 0 Å². The van der Waals surface area contributed by atoms with Gasteiger partial charge < -0.3 is 9.47 Å². The monoisotopic (exact) mass is 220 g/mol. The summed E-state index contributed by atoms with van der Waals surface area (Å²) in [6.07, 6.45) is 4.70. The van der Waals surface area contributed by atoms with E-state index in [1.165, 1.54) is 12.8 Å². The molecule has 0 aromatic heterocycles. The maximum atomic E-state index is 5.79. The first-order valence-electron chi connectivity index (χ1n) is 6.16. The quantitative estimate of drug-likeness (QED) is 0.731. The van der Waals surface area contributed by atoms with Gasteiger partial charge in [-0.2, -0.15) is 0 Å². The van der Waals surface area contributed by atoms with E-state index in [-0.39, 0.29) is 5.60 Å². The van der Waals surface area contributed by atoms with Crippen LogP contribution in [0.2, 0.25) is 0 Å². The Kier molecular flexibility index (Phi) is 3.83. The molecule has 0 radical (unpaired) electrons. The SMILES string of the molecule is CCCCC1(COc2ccccc2)CCO1. The Morgan fingerprint density at radius 1 is 1.31 bits per heavy atom. The second-order valence-electron chi connectivity index (χ2n) is 4.49. The highest BCUT2D eigenvalue weighted by atomic mass is 16.6. The van der Waals surface area contributed by atoms with Crippen LogP contribution in [0, 0.1) is 0 Å².